The molecule has 14 heteroatoms. The maximum Gasteiger partial charge on any atom is 0.404 e. The maximum atomic E-state index is 13.1. The Labute approximate surface area is 252 Å². The zero-order valence-electron chi connectivity index (χ0n) is 24.2. The number of carbonyl (C=O) groups excluding carboxylic acids is 8. The van der Waals surface area contributed by atoms with E-state index in [2.05, 4.69) is 10.6 Å². The Hall–Kier alpha value is -4.75. The first-order valence-corrected chi connectivity index (χ1v) is 14.5. The largest absolute Gasteiger partial charge is 0.485 e. The van der Waals surface area contributed by atoms with Gasteiger partial charge in [-0.2, -0.15) is 0 Å². The molecule has 0 bridgehead atoms. The van der Waals surface area contributed by atoms with Crippen molar-refractivity contribution in [2.45, 2.75) is 83.1 Å². The van der Waals surface area contributed by atoms with Gasteiger partial charge in [0.05, 0.1) is 11.1 Å². The van der Waals surface area contributed by atoms with E-state index in [1.807, 2.05) is 0 Å². The number of carboxylic acid groups (broad SMARTS) is 1. The molecule has 0 radical (unpaired) electrons. The van der Waals surface area contributed by atoms with Gasteiger partial charge >= 0.3 is 6.09 Å². The zero-order chi connectivity index (χ0) is 32.2. The van der Waals surface area contributed by atoms with Crippen LogP contribution in [0.1, 0.15) is 97.8 Å². The standard InChI is InChI=1S/C30H35N3O11/c34-18(10-12-20(36)13-11-19(35)7-4-16-31-30(42)43)5-1-2-6-21(37)17-44-24-9-3-8-22-26(24)29(41)33(28(22)40)23-14-15-25(38)32-27(23)39/h3,8-9,23,31H,1-2,4-7,10-17H2,(H,42,43)(H,32,38,39). The fourth-order valence-corrected chi connectivity index (χ4v) is 4.89. The fourth-order valence-electron chi connectivity index (χ4n) is 4.89. The molecule has 14 nitrogen and oxygen atoms in total. The summed E-state index contributed by atoms with van der Waals surface area (Å²) in [6.07, 6.45) is 0.672. The second-order valence-electron chi connectivity index (χ2n) is 10.6. The zero-order valence-corrected chi connectivity index (χ0v) is 24.2. The fraction of sp³-hybridized carbons (Fsp3) is 0.500. The first-order valence-electron chi connectivity index (χ1n) is 14.5. The second kappa shape index (κ2) is 16.2. The molecule has 0 saturated carbocycles. The molecule has 5 amide bonds. The molecule has 1 unspecified atom stereocenters. The molecule has 1 aromatic carbocycles. The molecule has 0 spiro atoms. The van der Waals surface area contributed by atoms with E-state index < -0.39 is 35.8 Å². The van der Waals surface area contributed by atoms with E-state index in [1.165, 1.54) is 18.2 Å². The molecule has 0 aromatic heterocycles. The van der Waals surface area contributed by atoms with Gasteiger partial charge < -0.3 is 15.2 Å². The minimum absolute atomic E-state index is 0.00807. The maximum absolute atomic E-state index is 13.1. The molecule has 2 aliphatic heterocycles. The molecular weight excluding hydrogens is 578 g/mol. The van der Waals surface area contributed by atoms with Gasteiger partial charge in [0, 0.05) is 57.9 Å². The van der Waals surface area contributed by atoms with Gasteiger partial charge in [-0.15, -0.1) is 0 Å². The van der Waals surface area contributed by atoms with Crippen LogP contribution in [-0.4, -0.2) is 82.1 Å². The number of hydrogen-bond donors (Lipinski definition) is 3. The molecule has 3 rings (SSSR count). The topological polar surface area (TPSA) is 210 Å². The number of amides is 5. The van der Waals surface area contributed by atoms with Gasteiger partial charge in [0.1, 0.15) is 35.7 Å². The molecule has 2 heterocycles. The van der Waals surface area contributed by atoms with E-state index >= 15 is 0 Å². The Balaban J connectivity index is 1.33. The van der Waals surface area contributed by atoms with Crippen molar-refractivity contribution in [2.75, 3.05) is 13.2 Å². The monoisotopic (exact) mass is 613 g/mol. The highest BCUT2D eigenvalue weighted by Gasteiger charge is 2.46. The van der Waals surface area contributed by atoms with Crippen molar-refractivity contribution in [2.24, 2.45) is 0 Å². The lowest BCUT2D eigenvalue weighted by Crippen LogP contribution is -2.54. The van der Waals surface area contributed by atoms with Gasteiger partial charge in [0.15, 0.2) is 5.78 Å². The van der Waals surface area contributed by atoms with E-state index in [0.29, 0.717) is 19.3 Å². The van der Waals surface area contributed by atoms with Crippen LogP contribution in [0.2, 0.25) is 0 Å². The number of ketones is 4. The Morgan fingerprint density at radius 2 is 1.41 bits per heavy atom. The Morgan fingerprint density at radius 1 is 0.818 bits per heavy atom. The average molecular weight is 614 g/mol. The van der Waals surface area contributed by atoms with Crippen molar-refractivity contribution in [3.8, 4) is 5.75 Å². The highest BCUT2D eigenvalue weighted by molar-refractivity contribution is 6.24. The van der Waals surface area contributed by atoms with Gasteiger partial charge in [0.25, 0.3) is 11.8 Å². The lowest BCUT2D eigenvalue weighted by molar-refractivity contribution is -0.136. The van der Waals surface area contributed by atoms with E-state index in [0.717, 1.165) is 4.90 Å². The summed E-state index contributed by atoms with van der Waals surface area (Å²) in [6.45, 7) is -0.208. The highest BCUT2D eigenvalue weighted by atomic mass is 16.5. The number of hydrogen-bond acceptors (Lipinski definition) is 10. The number of imide groups is 2. The van der Waals surface area contributed by atoms with Crippen molar-refractivity contribution < 1.29 is 53.0 Å². The van der Waals surface area contributed by atoms with Crippen molar-refractivity contribution in [3.63, 3.8) is 0 Å². The summed E-state index contributed by atoms with van der Waals surface area (Å²) < 4.78 is 5.57. The van der Waals surface area contributed by atoms with Gasteiger partial charge in [-0.25, -0.2) is 4.79 Å². The van der Waals surface area contributed by atoms with E-state index in [4.69, 9.17) is 9.84 Å². The van der Waals surface area contributed by atoms with Crippen LogP contribution in [0.25, 0.3) is 0 Å². The van der Waals surface area contributed by atoms with Crippen LogP contribution < -0.4 is 15.4 Å². The van der Waals surface area contributed by atoms with E-state index in [1.54, 1.807) is 0 Å². The smallest absolute Gasteiger partial charge is 0.404 e. The van der Waals surface area contributed by atoms with Gasteiger partial charge in [0.2, 0.25) is 11.8 Å². The lowest BCUT2D eigenvalue weighted by Gasteiger charge is -2.27. The van der Waals surface area contributed by atoms with E-state index in [9.17, 15) is 43.2 Å². The Bertz CT molecular complexity index is 1350. The summed E-state index contributed by atoms with van der Waals surface area (Å²) in [5, 5.41) is 12.8. The van der Waals surface area contributed by atoms with Gasteiger partial charge in [-0.3, -0.25) is 48.6 Å². The summed E-state index contributed by atoms with van der Waals surface area (Å²) in [5.74, 6) is -3.35. The summed E-state index contributed by atoms with van der Waals surface area (Å²) in [4.78, 5) is 109. The van der Waals surface area contributed by atoms with Crippen LogP contribution in [0, 0.1) is 0 Å². The van der Waals surface area contributed by atoms with Gasteiger partial charge in [-0.05, 0) is 37.8 Å². The van der Waals surface area contributed by atoms with Crippen LogP contribution >= 0.6 is 0 Å². The van der Waals surface area contributed by atoms with Crippen molar-refractivity contribution in [1.82, 2.24) is 15.5 Å². The average Bonchev–Trinajstić information content (AvgIpc) is 3.24. The number of Topliss-reactive ketones (excluding diaryl/α,β-unsaturated/α-hetero) is 4. The first-order chi connectivity index (χ1) is 21.0. The number of nitrogens with zero attached hydrogens (tertiary/aromatic N) is 1. The number of nitrogens with one attached hydrogen (secondary N) is 2. The quantitative estimate of drug-likeness (QED) is 0.151. The minimum Gasteiger partial charge on any atom is -0.485 e. The number of rotatable bonds is 19. The molecule has 2 aliphatic rings. The molecule has 236 valence electrons. The Morgan fingerprint density at radius 3 is 2.02 bits per heavy atom. The number of fused-ring (bicyclic) bond motifs is 1. The number of piperidine rings is 1. The summed E-state index contributed by atoms with van der Waals surface area (Å²) >= 11 is 0. The molecule has 1 aromatic rings. The third-order valence-electron chi connectivity index (χ3n) is 7.25. The van der Waals surface area contributed by atoms with Crippen molar-refractivity contribution in [3.05, 3.63) is 29.3 Å². The summed E-state index contributed by atoms with van der Waals surface area (Å²) in [5.41, 5.74) is -0.00803. The third-order valence-corrected chi connectivity index (χ3v) is 7.25. The van der Waals surface area contributed by atoms with Crippen LogP contribution in [0.4, 0.5) is 4.79 Å². The number of unbranched alkanes of at least 4 members (excludes halogenated alkanes) is 1. The van der Waals surface area contributed by atoms with Crippen LogP contribution in [0.3, 0.4) is 0 Å². The number of benzene rings is 1. The highest BCUT2D eigenvalue weighted by Crippen LogP contribution is 2.33. The third kappa shape index (κ3) is 9.64. The molecule has 1 atom stereocenters. The Kier molecular flexibility index (Phi) is 12.4. The van der Waals surface area contributed by atoms with Gasteiger partial charge in [-0.1, -0.05) is 6.07 Å². The number of carbonyl (C=O) groups is 9. The lowest BCUT2D eigenvalue weighted by atomic mass is 10.0. The molecule has 3 N–H and O–H groups in total. The number of ether oxygens (including phenoxy) is 1. The van der Waals surface area contributed by atoms with Crippen molar-refractivity contribution >= 4 is 52.9 Å². The predicted octanol–water partition coefficient (Wildman–Crippen LogP) is 1.91. The molecule has 0 aliphatic carbocycles. The van der Waals surface area contributed by atoms with Crippen LogP contribution in [0.15, 0.2) is 18.2 Å². The summed E-state index contributed by atoms with van der Waals surface area (Å²) in [7, 11) is 0. The SMILES string of the molecule is O=C(CCCCC(=O)COc1cccc2c1C(=O)N(C1CCC(=O)NC1=O)C2=O)CCC(=O)CCC(=O)CCCNC(=O)O. The summed E-state index contributed by atoms with van der Waals surface area (Å²) in [6, 6.07) is 3.24. The van der Waals surface area contributed by atoms with E-state index in [-0.39, 0.29) is 111 Å². The molecule has 1 fully saturated rings. The van der Waals surface area contributed by atoms with Crippen LogP contribution in [0.5, 0.6) is 5.75 Å². The second-order valence-corrected chi connectivity index (χ2v) is 10.6. The molecule has 1 saturated heterocycles. The van der Waals surface area contributed by atoms with Crippen molar-refractivity contribution in [1.29, 1.82) is 0 Å². The predicted molar refractivity (Wildman–Crippen MR) is 151 cm³/mol. The van der Waals surface area contributed by atoms with Crippen LogP contribution in [-0.2, 0) is 28.8 Å². The molecule has 44 heavy (non-hydrogen) atoms. The first kappa shape index (κ1) is 33.7. The normalized spacial score (nSPS) is 15.9. The molecular formula is C30H35N3O11. The minimum atomic E-state index is -1.16.